The Hall–Kier alpha value is -0.810. The molecule has 0 unspecified atom stereocenters. The number of nitrogens with zero attached hydrogens (tertiary/aromatic N) is 2. The Morgan fingerprint density at radius 2 is 1.44 bits per heavy atom. The molecule has 0 aromatic carbocycles. The van der Waals surface area contributed by atoms with Gasteiger partial charge in [0, 0.05) is 32.1 Å². The molecular weight excluding hydrogens is 254 g/mol. The number of hydrogen-bond donors (Lipinski definition) is 1. The Labute approximate surface area is 115 Å². The van der Waals surface area contributed by atoms with Crippen molar-refractivity contribution in [3.05, 3.63) is 0 Å². The summed E-state index contributed by atoms with van der Waals surface area (Å²) in [5.74, 6) is 0.191. The second-order valence-corrected chi connectivity index (χ2v) is 4.82. The molecule has 0 bridgehead atoms. The summed E-state index contributed by atoms with van der Waals surface area (Å²) in [6.07, 6.45) is 0.657. The Kier molecular flexibility index (Phi) is 7.25. The first-order valence-electron chi connectivity index (χ1n) is 6.30. The first-order valence-corrected chi connectivity index (χ1v) is 6.30. The number of piperazine rings is 1. The van der Waals surface area contributed by atoms with Crippen molar-refractivity contribution >= 4 is 24.2 Å². The van der Waals surface area contributed by atoms with Crippen molar-refractivity contribution in [2.75, 3.05) is 26.2 Å². The van der Waals surface area contributed by atoms with Gasteiger partial charge in [-0.1, -0.05) is 20.8 Å². The molecule has 1 heterocycles. The van der Waals surface area contributed by atoms with Gasteiger partial charge >= 0.3 is 0 Å². The molecule has 1 fully saturated rings. The van der Waals surface area contributed by atoms with Crippen LogP contribution in [0.5, 0.6) is 0 Å². The van der Waals surface area contributed by atoms with Crippen molar-refractivity contribution in [2.45, 2.75) is 33.2 Å². The van der Waals surface area contributed by atoms with Gasteiger partial charge in [-0.2, -0.15) is 0 Å². The van der Waals surface area contributed by atoms with E-state index >= 15 is 0 Å². The first kappa shape index (κ1) is 17.2. The summed E-state index contributed by atoms with van der Waals surface area (Å²) in [6, 6.07) is -0.401. The zero-order chi connectivity index (χ0) is 13.0. The third-order valence-electron chi connectivity index (χ3n) is 3.15. The number of rotatable bonds is 3. The Balaban J connectivity index is 0.00000289. The number of carbonyl (C=O) groups excluding carboxylic acids is 2. The van der Waals surface area contributed by atoms with Crippen molar-refractivity contribution in [1.82, 2.24) is 9.80 Å². The summed E-state index contributed by atoms with van der Waals surface area (Å²) in [5.41, 5.74) is 5.72. The average molecular weight is 278 g/mol. The number of carbonyl (C=O) groups is 2. The second-order valence-electron chi connectivity index (χ2n) is 4.82. The molecule has 2 N–H and O–H groups in total. The van der Waals surface area contributed by atoms with E-state index < -0.39 is 6.04 Å². The van der Waals surface area contributed by atoms with E-state index in [0.29, 0.717) is 32.6 Å². The van der Waals surface area contributed by atoms with Crippen LogP contribution in [0.25, 0.3) is 0 Å². The summed E-state index contributed by atoms with van der Waals surface area (Å²) < 4.78 is 0. The van der Waals surface area contributed by atoms with Crippen LogP contribution in [0.15, 0.2) is 0 Å². The van der Waals surface area contributed by atoms with Crippen LogP contribution in [-0.2, 0) is 9.59 Å². The molecule has 18 heavy (non-hydrogen) atoms. The van der Waals surface area contributed by atoms with E-state index in [4.69, 9.17) is 5.73 Å². The molecule has 0 radical (unpaired) electrons. The van der Waals surface area contributed by atoms with Crippen LogP contribution in [-0.4, -0.2) is 53.8 Å². The molecule has 0 spiro atoms. The highest BCUT2D eigenvalue weighted by Gasteiger charge is 2.27. The van der Waals surface area contributed by atoms with Crippen LogP contribution in [0, 0.1) is 5.92 Å². The standard InChI is InChI=1S/C12H23N3O2.ClH/c1-4-10(13)12(17)15-7-5-14(6-8-15)11(16)9(2)3;/h9-10H,4-8,13H2,1-3H3;1H/t10-;/m0./s1. The minimum absolute atomic E-state index is 0. The van der Waals surface area contributed by atoms with Crippen molar-refractivity contribution in [3.8, 4) is 0 Å². The van der Waals surface area contributed by atoms with Crippen molar-refractivity contribution < 1.29 is 9.59 Å². The summed E-state index contributed by atoms with van der Waals surface area (Å²) in [6.45, 7) is 8.15. The molecule has 5 nitrogen and oxygen atoms in total. The maximum absolute atomic E-state index is 11.8. The van der Waals surface area contributed by atoms with Gasteiger partial charge < -0.3 is 15.5 Å². The molecule has 0 aromatic rings. The molecule has 1 atom stereocenters. The van der Waals surface area contributed by atoms with Gasteiger partial charge in [0.25, 0.3) is 0 Å². The van der Waals surface area contributed by atoms with E-state index in [1.165, 1.54) is 0 Å². The highest BCUT2D eigenvalue weighted by molar-refractivity contribution is 5.85. The van der Waals surface area contributed by atoms with Gasteiger partial charge in [-0.15, -0.1) is 12.4 Å². The van der Waals surface area contributed by atoms with Gasteiger partial charge in [0.2, 0.25) is 11.8 Å². The molecule has 6 heteroatoms. The third kappa shape index (κ3) is 4.14. The fraction of sp³-hybridized carbons (Fsp3) is 0.833. The molecule has 1 rings (SSSR count). The lowest BCUT2D eigenvalue weighted by Crippen LogP contribution is -2.54. The summed E-state index contributed by atoms with van der Waals surface area (Å²) >= 11 is 0. The maximum atomic E-state index is 11.8. The second kappa shape index (κ2) is 7.59. The highest BCUT2D eigenvalue weighted by atomic mass is 35.5. The monoisotopic (exact) mass is 277 g/mol. The largest absolute Gasteiger partial charge is 0.339 e. The van der Waals surface area contributed by atoms with Crippen LogP contribution < -0.4 is 5.73 Å². The topological polar surface area (TPSA) is 66.6 Å². The molecule has 1 aliphatic rings. The Morgan fingerprint density at radius 3 is 1.78 bits per heavy atom. The lowest BCUT2D eigenvalue weighted by molar-refractivity contribution is -0.142. The summed E-state index contributed by atoms with van der Waals surface area (Å²) in [5, 5.41) is 0. The molecule has 1 saturated heterocycles. The van der Waals surface area contributed by atoms with E-state index in [1.54, 1.807) is 4.90 Å². The van der Waals surface area contributed by atoms with E-state index in [2.05, 4.69) is 0 Å². The average Bonchev–Trinajstić information content (AvgIpc) is 2.36. The maximum Gasteiger partial charge on any atom is 0.239 e. The minimum Gasteiger partial charge on any atom is -0.339 e. The molecule has 0 aromatic heterocycles. The molecule has 106 valence electrons. The fourth-order valence-corrected chi connectivity index (χ4v) is 1.92. The van der Waals surface area contributed by atoms with Gasteiger partial charge in [-0.05, 0) is 6.42 Å². The first-order chi connectivity index (χ1) is 7.97. The van der Waals surface area contributed by atoms with Gasteiger partial charge in [0.1, 0.15) is 0 Å². The van der Waals surface area contributed by atoms with Crippen LogP contribution in [0.4, 0.5) is 0 Å². The van der Waals surface area contributed by atoms with Gasteiger partial charge in [-0.25, -0.2) is 0 Å². The van der Waals surface area contributed by atoms with Gasteiger partial charge in [-0.3, -0.25) is 9.59 Å². The lowest BCUT2D eigenvalue weighted by Gasteiger charge is -2.36. The van der Waals surface area contributed by atoms with Crippen molar-refractivity contribution in [1.29, 1.82) is 0 Å². The zero-order valence-corrected chi connectivity index (χ0v) is 12.2. The Bertz CT molecular complexity index is 289. The van der Waals surface area contributed by atoms with Gasteiger partial charge in [0.15, 0.2) is 0 Å². The highest BCUT2D eigenvalue weighted by Crippen LogP contribution is 2.08. The predicted octanol–water partition coefficient (Wildman–Crippen LogP) is 0.472. The van der Waals surface area contributed by atoms with E-state index in [1.807, 2.05) is 25.7 Å². The molecule has 0 saturated carbocycles. The van der Waals surface area contributed by atoms with Crippen molar-refractivity contribution in [3.63, 3.8) is 0 Å². The van der Waals surface area contributed by atoms with Gasteiger partial charge in [0.05, 0.1) is 6.04 Å². The zero-order valence-electron chi connectivity index (χ0n) is 11.4. The number of amides is 2. The quantitative estimate of drug-likeness (QED) is 0.816. The van der Waals surface area contributed by atoms with Crippen LogP contribution in [0.2, 0.25) is 0 Å². The summed E-state index contributed by atoms with van der Waals surface area (Å²) in [7, 11) is 0. The van der Waals surface area contributed by atoms with Crippen LogP contribution in [0.3, 0.4) is 0 Å². The number of nitrogens with two attached hydrogens (primary N) is 1. The molecule has 0 aliphatic carbocycles. The van der Waals surface area contributed by atoms with E-state index in [9.17, 15) is 9.59 Å². The normalized spacial score (nSPS) is 17.4. The molecular formula is C12H24ClN3O2. The third-order valence-corrected chi connectivity index (χ3v) is 3.15. The predicted molar refractivity (Wildman–Crippen MR) is 73.5 cm³/mol. The SMILES string of the molecule is CC[C@H](N)C(=O)N1CCN(C(=O)C(C)C)CC1.Cl. The van der Waals surface area contributed by atoms with E-state index in [-0.39, 0.29) is 30.1 Å². The lowest BCUT2D eigenvalue weighted by atomic mass is 10.1. The fourth-order valence-electron chi connectivity index (χ4n) is 1.92. The smallest absolute Gasteiger partial charge is 0.239 e. The van der Waals surface area contributed by atoms with E-state index in [0.717, 1.165) is 0 Å². The minimum atomic E-state index is -0.401. The van der Waals surface area contributed by atoms with Crippen LogP contribution >= 0.6 is 12.4 Å². The molecule has 2 amide bonds. The number of hydrogen-bond acceptors (Lipinski definition) is 3. The molecule has 1 aliphatic heterocycles. The Morgan fingerprint density at radius 1 is 1.06 bits per heavy atom. The van der Waals surface area contributed by atoms with Crippen molar-refractivity contribution in [2.24, 2.45) is 11.7 Å². The van der Waals surface area contributed by atoms with Crippen LogP contribution in [0.1, 0.15) is 27.2 Å². The summed E-state index contributed by atoms with van der Waals surface area (Å²) in [4.78, 5) is 27.2. The number of halogens is 1.